The lowest BCUT2D eigenvalue weighted by Gasteiger charge is -2.20. The molecule has 5 aromatic rings. The molecule has 0 saturated heterocycles. The molecule has 0 aliphatic carbocycles. The zero-order valence-corrected chi connectivity index (χ0v) is 21.2. The maximum atomic E-state index is 13.9. The van der Waals surface area contributed by atoms with E-state index in [1.165, 1.54) is 16.8 Å². The SMILES string of the molecule is COc1cccc(-c2cc(C(=O)NC(Cc3ccccc3)c3ccccc3)n(-c3ccc([N+](=O)[O-])cc3)n2)c1. The fourth-order valence-corrected chi connectivity index (χ4v) is 4.40. The highest BCUT2D eigenvalue weighted by molar-refractivity contribution is 5.94. The molecule has 5 rings (SSSR count). The number of nitro groups is 1. The largest absolute Gasteiger partial charge is 0.497 e. The first kappa shape index (κ1) is 25.4. The Morgan fingerprint density at radius 2 is 1.62 bits per heavy atom. The minimum Gasteiger partial charge on any atom is -0.497 e. The summed E-state index contributed by atoms with van der Waals surface area (Å²) >= 11 is 0. The fourth-order valence-electron chi connectivity index (χ4n) is 4.40. The molecule has 4 aromatic carbocycles. The van der Waals surface area contributed by atoms with Crippen LogP contribution in [-0.4, -0.2) is 27.7 Å². The van der Waals surface area contributed by atoms with Gasteiger partial charge in [-0.25, -0.2) is 4.68 Å². The van der Waals surface area contributed by atoms with Gasteiger partial charge in [0.2, 0.25) is 0 Å². The maximum Gasteiger partial charge on any atom is 0.270 e. The van der Waals surface area contributed by atoms with Crippen molar-refractivity contribution in [3.8, 4) is 22.7 Å². The molecule has 1 atom stereocenters. The molecule has 1 aromatic heterocycles. The number of hydrogen-bond acceptors (Lipinski definition) is 5. The number of carbonyl (C=O) groups excluding carboxylic acids is 1. The second-order valence-electron chi connectivity index (χ2n) is 8.96. The van der Waals surface area contributed by atoms with Crippen LogP contribution in [0.5, 0.6) is 5.75 Å². The van der Waals surface area contributed by atoms with Gasteiger partial charge in [0.25, 0.3) is 11.6 Å². The van der Waals surface area contributed by atoms with Gasteiger partial charge >= 0.3 is 0 Å². The molecule has 39 heavy (non-hydrogen) atoms. The van der Waals surface area contributed by atoms with Gasteiger partial charge in [-0.3, -0.25) is 14.9 Å². The molecule has 1 heterocycles. The Bertz CT molecular complexity index is 1580. The molecule has 8 heteroatoms. The van der Waals surface area contributed by atoms with E-state index in [2.05, 4.69) is 5.32 Å². The summed E-state index contributed by atoms with van der Waals surface area (Å²) < 4.78 is 6.87. The smallest absolute Gasteiger partial charge is 0.270 e. The van der Waals surface area contributed by atoms with Crippen molar-refractivity contribution in [2.45, 2.75) is 12.5 Å². The molecule has 1 N–H and O–H groups in total. The Balaban J connectivity index is 1.54. The number of rotatable bonds is 9. The van der Waals surface area contributed by atoms with Gasteiger partial charge in [-0.15, -0.1) is 0 Å². The topological polar surface area (TPSA) is 99.3 Å². The van der Waals surface area contributed by atoms with Gasteiger partial charge < -0.3 is 10.1 Å². The first-order valence-electron chi connectivity index (χ1n) is 12.4. The third kappa shape index (κ3) is 5.86. The van der Waals surface area contributed by atoms with E-state index < -0.39 is 4.92 Å². The van der Waals surface area contributed by atoms with Gasteiger partial charge in [0.15, 0.2) is 0 Å². The lowest BCUT2D eigenvalue weighted by Crippen LogP contribution is -2.31. The van der Waals surface area contributed by atoms with Crippen molar-refractivity contribution in [3.63, 3.8) is 0 Å². The Morgan fingerprint density at radius 1 is 0.923 bits per heavy atom. The number of nitrogens with zero attached hydrogens (tertiary/aromatic N) is 3. The van der Waals surface area contributed by atoms with Crippen LogP contribution in [0.2, 0.25) is 0 Å². The molecular formula is C31H26N4O4. The van der Waals surface area contributed by atoms with Gasteiger partial charge in [0.1, 0.15) is 11.4 Å². The van der Waals surface area contributed by atoms with E-state index >= 15 is 0 Å². The molecule has 1 amide bonds. The van der Waals surface area contributed by atoms with Crippen LogP contribution in [0.1, 0.15) is 27.7 Å². The molecule has 0 spiro atoms. The van der Waals surface area contributed by atoms with Crippen molar-refractivity contribution in [1.29, 1.82) is 0 Å². The van der Waals surface area contributed by atoms with E-state index in [4.69, 9.17) is 9.84 Å². The molecular weight excluding hydrogens is 492 g/mol. The van der Waals surface area contributed by atoms with E-state index in [9.17, 15) is 14.9 Å². The van der Waals surface area contributed by atoms with Gasteiger partial charge in [-0.1, -0.05) is 72.8 Å². The predicted octanol–water partition coefficient (Wildman–Crippen LogP) is 6.17. The molecule has 8 nitrogen and oxygen atoms in total. The van der Waals surface area contributed by atoms with E-state index in [1.54, 1.807) is 25.3 Å². The third-order valence-electron chi connectivity index (χ3n) is 6.40. The quantitative estimate of drug-likeness (QED) is 0.186. The normalized spacial score (nSPS) is 11.5. The Hall–Kier alpha value is -5.24. The van der Waals surface area contributed by atoms with Gasteiger partial charge in [0.05, 0.1) is 29.5 Å². The zero-order chi connectivity index (χ0) is 27.2. The van der Waals surface area contributed by atoms with Crippen molar-refractivity contribution in [2.75, 3.05) is 7.11 Å². The summed E-state index contributed by atoms with van der Waals surface area (Å²) in [6.45, 7) is 0. The molecule has 0 bridgehead atoms. The first-order chi connectivity index (χ1) is 19.0. The summed E-state index contributed by atoms with van der Waals surface area (Å²) in [4.78, 5) is 24.6. The summed E-state index contributed by atoms with van der Waals surface area (Å²) in [6, 6.07) is 34.6. The Morgan fingerprint density at radius 3 is 2.28 bits per heavy atom. The fraction of sp³-hybridized carbons (Fsp3) is 0.0968. The van der Waals surface area contributed by atoms with Crippen molar-refractivity contribution in [2.24, 2.45) is 0 Å². The molecule has 0 radical (unpaired) electrons. The van der Waals surface area contributed by atoms with E-state index in [0.717, 1.165) is 16.7 Å². The van der Waals surface area contributed by atoms with Crippen LogP contribution in [0.3, 0.4) is 0 Å². The van der Waals surface area contributed by atoms with E-state index in [0.29, 0.717) is 29.2 Å². The number of carbonyl (C=O) groups is 1. The average Bonchev–Trinajstić information content (AvgIpc) is 3.44. The van der Waals surface area contributed by atoms with Crippen LogP contribution in [-0.2, 0) is 6.42 Å². The number of ether oxygens (including phenoxy) is 1. The Labute approximate surface area is 225 Å². The molecule has 1 unspecified atom stereocenters. The first-order valence-corrected chi connectivity index (χ1v) is 12.4. The third-order valence-corrected chi connectivity index (χ3v) is 6.40. The monoisotopic (exact) mass is 518 g/mol. The van der Waals surface area contributed by atoms with Gasteiger partial charge in [-0.2, -0.15) is 5.10 Å². The van der Waals surface area contributed by atoms with Crippen molar-refractivity contribution < 1.29 is 14.5 Å². The lowest BCUT2D eigenvalue weighted by molar-refractivity contribution is -0.384. The standard InChI is InChI=1S/C31H26N4O4/c1-39-27-14-8-13-24(20-27)29-21-30(34(33-29)25-15-17-26(18-16-25)35(37)38)31(36)32-28(23-11-6-3-7-12-23)19-22-9-4-2-5-10-22/h2-18,20-21,28H,19H2,1H3,(H,32,36). The molecule has 194 valence electrons. The van der Waals surface area contributed by atoms with E-state index in [1.807, 2.05) is 84.9 Å². The second-order valence-corrected chi connectivity index (χ2v) is 8.96. The highest BCUT2D eigenvalue weighted by Crippen LogP contribution is 2.27. The maximum absolute atomic E-state index is 13.9. The average molecular weight is 519 g/mol. The number of nitro benzene ring substituents is 1. The number of nitrogens with one attached hydrogen (secondary N) is 1. The number of hydrogen-bond donors (Lipinski definition) is 1. The van der Waals surface area contributed by atoms with E-state index in [-0.39, 0.29) is 17.6 Å². The van der Waals surface area contributed by atoms with Crippen LogP contribution in [0.4, 0.5) is 5.69 Å². The van der Waals surface area contributed by atoms with Crippen molar-refractivity contribution in [3.05, 3.63) is 142 Å². The summed E-state index contributed by atoms with van der Waals surface area (Å²) in [5, 5.41) is 19.1. The number of benzene rings is 4. The van der Waals surface area contributed by atoms with Crippen LogP contribution >= 0.6 is 0 Å². The number of amides is 1. The van der Waals surface area contributed by atoms with Crippen LogP contribution in [0.15, 0.2) is 115 Å². The minimum absolute atomic E-state index is 0.0445. The second kappa shape index (κ2) is 11.4. The Kier molecular flexibility index (Phi) is 7.45. The van der Waals surface area contributed by atoms with Crippen LogP contribution < -0.4 is 10.1 Å². The number of methoxy groups -OCH3 is 1. The lowest BCUT2D eigenvalue weighted by atomic mass is 9.98. The summed E-state index contributed by atoms with van der Waals surface area (Å²) in [5.74, 6) is 0.343. The summed E-state index contributed by atoms with van der Waals surface area (Å²) in [7, 11) is 1.59. The van der Waals surface area contributed by atoms with Gasteiger partial charge in [-0.05, 0) is 47.9 Å². The minimum atomic E-state index is -0.462. The number of aromatic nitrogens is 2. The van der Waals surface area contributed by atoms with Crippen LogP contribution in [0.25, 0.3) is 16.9 Å². The van der Waals surface area contributed by atoms with Crippen LogP contribution in [0, 0.1) is 10.1 Å². The molecule has 0 aliphatic heterocycles. The molecule has 0 aliphatic rings. The van der Waals surface area contributed by atoms with Gasteiger partial charge in [0, 0.05) is 17.7 Å². The zero-order valence-electron chi connectivity index (χ0n) is 21.2. The molecule has 0 fully saturated rings. The predicted molar refractivity (Wildman–Crippen MR) is 149 cm³/mol. The summed E-state index contributed by atoms with van der Waals surface area (Å²) in [6.07, 6.45) is 0.602. The number of non-ortho nitro benzene ring substituents is 1. The highest BCUT2D eigenvalue weighted by atomic mass is 16.6. The van der Waals surface area contributed by atoms with Crippen molar-refractivity contribution in [1.82, 2.24) is 15.1 Å². The molecule has 0 saturated carbocycles. The summed E-state index contributed by atoms with van der Waals surface area (Å²) in [5.41, 5.74) is 4.19. The van der Waals surface area contributed by atoms with Crippen molar-refractivity contribution >= 4 is 11.6 Å². The highest BCUT2D eigenvalue weighted by Gasteiger charge is 2.22.